The molecule has 3 rings (SSSR count). The average Bonchev–Trinajstić information content (AvgIpc) is 3.08. The van der Waals surface area contributed by atoms with Gasteiger partial charge in [0.2, 0.25) is 21.1 Å². The first-order chi connectivity index (χ1) is 13.3. The minimum Gasteiger partial charge on any atom is -0.300 e. The van der Waals surface area contributed by atoms with Crippen LogP contribution in [0.15, 0.2) is 29.2 Å². The van der Waals surface area contributed by atoms with Crippen LogP contribution in [0.25, 0.3) is 0 Å². The minimum atomic E-state index is -3.90. The van der Waals surface area contributed by atoms with Crippen molar-refractivity contribution < 1.29 is 17.6 Å². The molecule has 1 aromatic heterocycles. The number of rotatable bonds is 6. The second-order valence-corrected chi connectivity index (χ2v) is 10.2. The Kier molecular flexibility index (Phi) is 6.41. The SMILES string of the molecule is CC(C)Cc1nnc(NC(=O)C2CCN(S(=O)(=O)c3ccccc3F)CC2)s1. The number of aromatic nitrogens is 2. The van der Waals surface area contributed by atoms with Crippen molar-refractivity contribution >= 4 is 32.4 Å². The Morgan fingerprint density at radius 1 is 1.29 bits per heavy atom. The molecule has 1 amide bonds. The van der Waals surface area contributed by atoms with Crippen molar-refractivity contribution in [2.75, 3.05) is 18.4 Å². The van der Waals surface area contributed by atoms with Crippen LogP contribution in [0, 0.1) is 17.7 Å². The summed E-state index contributed by atoms with van der Waals surface area (Å²) in [6.07, 6.45) is 1.55. The highest BCUT2D eigenvalue weighted by Gasteiger charge is 2.33. The first-order valence-corrected chi connectivity index (χ1v) is 11.4. The molecule has 1 aromatic carbocycles. The average molecular weight is 427 g/mol. The Bertz CT molecular complexity index is 938. The Hall–Kier alpha value is -1.91. The van der Waals surface area contributed by atoms with E-state index in [1.165, 1.54) is 33.8 Å². The largest absolute Gasteiger partial charge is 0.300 e. The van der Waals surface area contributed by atoms with Crippen LogP contribution in [0.3, 0.4) is 0 Å². The molecule has 28 heavy (non-hydrogen) atoms. The van der Waals surface area contributed by atoms with Gasteiger partial charge < -0.3 is 5.32 Å². The normalized spacial score (nSPS) is 16.4. The van der Waals surface area contributed by atoms with Crippen LogP contribution in [-0.2, 0) is 21.2 Å². The highest BCUT2D eigenvalue weighted by Crippen LogP contribution is 2.26. The van der Waals surface area contributed by atoms with Gasteiger partial charge in [-0.25, -0.2) is 12.8 Å². The van der Waals surface area contributed by atoms with Crippen molar-refractivity contribution in [3.63, 3.8) is 0 Å². The molecule has 7 nitrogen and oxygen atoms in total. The van der Waals surface area contributed by atoms with Gasteiger partial charge in [-0.15, -0.1) is 10.2 Å². The fourth-order valence-electron chi connectivity index (χ4n) is 3.09. The van der Waals surface area contributed by atoms with Gasteiger partial charge in [0.1, 0.15) is 15.7 Å². The van der Waals surface area contributed by atoms with Crippen molar-refractivity contribution in [1.82, 2.24) is 14.5 Å². The quantitative estimate of drug-likeness (QED) is 0.767. The van der Waals surface area contributed by atoms with Crippen LogP contribution in [0.5, 0.6) is 0 Å². The molecule has 0 unspecified atom stereocenters. The van der Waals surface area contributed by atoms with Crippen LogP contribution >= 0.6 is 11.3 Å². The molecule has 0 saturated carbocycles. The van der Waals surface area contributed by atoms with Gasteiger partial charge >= 0.3 is 0 Å². The third kappa shape index (κ3) is 4.73. The first kappa shape index (κ1) is 20.8. The monoisotopic (exact) mass is 426 g/mol. The zero-order valence-electron chi connectivity index (χ0n) is 15.8. The Morgan fingerprint density at radius 2 is 1.96 bits per heavy atom. The molecule has 1 aliphatic heterocycles. The van der Waals surface area contributed by atoms with Crippen LogP contribution < -0.4 is 5.32 Å². The third-order valence-electron chi connectivity index (χ3n) is 4.56. The summed E-state index contributed by atoms with van der Waals surface area (Å²) in [4.78, 5) is 12.2. The molecule has 1 aliphatic rings. The maximum Gasteiger partial charge on any atom is 0.245 e. The number of amides is 1. The van der Waals surface area contributed by atoms with E-state index in [0.29, 0.717) is 23.9 Å². The summed E-state index contributed by atoms with van der Waals surface area (Å²) < 4.78 is 40.4. The van der Waals surface area contributed by atoms with Crippen molar-refractivity contribution in [3.05, 3.63) is 35.1 Å². The second kappa shape index (κ2) is 8.62. The number of carbonyl (C=O) groups excluding carboxylic acids is 1. The van der Waals surface area contributed by atoms with Gasteiger partial charge in [0.05, 0.1) is 0 Å². The predicted octanol–water partition coefficient (Wildman–Crippen LogP) is 2.92. The van der Waals surface area contributed by atoms with Crippen LogP contribution in [0.4, 0.5) is 9.52 Å². The Morgan fingerprint density at radius 3 is 2.61 bits per heavy atom. The lowest BCUT2D eigenvalue weighted by molar-refractivity contribution is -0.120. The minimum absolute atomic E-state index is 0.170. The van der Waals surface area contributed by atoms with Crippen LogP contribution in [-0.4, -0.2) is 41.9 Å². The van der Waals surface area contributed by atoms with Gasteiger partial charge in [0, 0.05) is 25.4 Å². The Balaban J connectivity index is 1.58. The van der Waals surface area contributed by atoms with E-state index < -0.39 is 15.8 Å². The molecule has 2 aromatic rings. The highest BCUT2D eigenvalue weighted by molar-refractivity contribution is 7.89. The highest BCUT2D eigenvalue weighted by atomic mass is 32.2. The van der Waals surface area contributed by atoms with E-state index in [4.69, 9.17) is 0 Å². The summed E-state index contributed by atoms with van der Waals surface area (Å²) in [5.74, 6) is -0.812. The second-order valence-electron chi connectivity index (χ2n) is 7.20. The molecule has 10 heteroatoms. The molecular formula is C18H23FN4O3S2. The number of carbonyl (C=O) groups is 1. The molecule has 152 valence electrons. The van der Waals surface area contributed by atoms with E-state index in [1.807, 2.05) is 0 Å². The standard InChI is InChI=1S/C18H23FN4O3S2/c1-12(2)11-16-21-22-18(27-16)20-17(24)13-7-9-23(10-8-13)28(25,26)15-6-4-3-5-14(15)19/h3-6,12-13H,7-11H2,1-2H3,(H,20,22,24). The van der Waals surface area contributed by atoms with Gasteiger partial charge in [-0.05, 0) is 30.9 Å². The van der Waals surface area contributed by atoms with Gasteiger partial charge in [-0.1, -0.05) is 37.3 Å². The zero-order valence-corrected chi connectivity index (χ0v) is 17.4. The van der Waals surface area contributed by atoms with Gasteiger partial charge in [-0.3, -0.25) is 4.79 Å². The number of hydrogen-bond donors (Lipinski definition) is 1. The lowest BCUT2D eigenvalue weighted by Gasteiger charge is -2.30. The van der Waals surface area contributed by atoms with Gasteiger partial charge in [0.25, 0.3) is 0 Å². The molecule has 0 radical (unpaired) electrons. The van der Waals surface area contributed by atoms with E-state index >= 15 is 0 Å². The van der Waals surface area contributed by atoms with E-state index in [1.54, 1.807) is 0 Å². The number of anilines is 1. The maximum atomic E-state index is 13.9. The van der Waals surface area contributed by atoms with Crippen molar-refractivity contribution in [2.45, 2.75) is 38.0 Å². The smallest absolute Gasteiger partial charge is 0.245 e. The molecular weight excluding hydrogens is 403 g/mol. The van der Waals surface area contributed by atoms with E-state index in [9.17, 15) is 17.6 Å². The first-order valence-electron chi connectivity index (χ1n) is 9.15. The van der Waals surface area contributed by atoms with E-state index in [-0.39, 0.29) is 29.8 Å². The summed E-state index contributed by atoms with van der Waals surface area (Å²) in [5.41, 5.74) is 0. The summed E-state index contributed by atoms with van der Waals surface area (Å²) in [6, 6.07) is 5.33. The van der Waals surface area contributed by atoms with Crippen molar-refractivity contribution in [2.24, 2.45) is 11.8 Å². The molecule has 1 fully saturated rings. The molecule has 0 aliphatic carbocycles. The summed E-state index contributed by atoms with van der Waals surface area (Å²) >= 11 is 1.36. The van der Waals surface area contributed by atoms with Crippen molar-refractivity contribution in [3.8, 4) is 0 Å². The maximum absolute atomic E-state index is 13.9. The third-order valence-corrected chi connectivity index (χ3v) is 7.35. The number of nitrogens with one attached hydrogen (secondary N) is 1. The van der Waals surface area contributed by atoms with Gasteiger partial charge in [-0.2, -0.15) is 4.31 Å². The molecule has 0 spiro atoms. The molecule has 1 N–H and O–H groups in total. The van der Waals surface area contributed by atoms with Gasteiger partial charge in [0.15, 0.2) is 0 Å². The fourth-order valence-corrected chi connectivity index (χ4v) is 5.58. The number of sulfonamides is 1. The number of piperidine rings is 1. The molecule has 1 saturated heterocycles. The Labute approximate surface area is 168 Å². The molecule has 0 bridgehead atoms. The topological polar surface area (TPSA) is 92.3 Å². The van der Waals surface area contributed by atoms with E-state index in [0.717, 1.165) is 17.5 Å². The van der Waals surface area contributed by atoms with Crippen LogP contribution in [0.2, 0.25) is 0 Å². The van der Waals surface area contributed by atoms with Crippen LogP contribution in [0.1, 0.15) is 31.7 Å². The van der Waals surface area contributed by atoms with Crippen molar-refractivity contribution in [1.29, 1.82) is 0 Å². The lowest BCUT2D eigenvalue weighted by Crippen LogP contribution is -2.41. The predicted molar refractivity (Wildman–Crippen MR) is 105 cm³/mol. The molecule has 2 heterocycles. The number of halogens is 1. The fraction of sp³-hybridized carbons (Fsp3) is 0.500. The van der Waals surface area contributed by atoms with E-state index in [2.05, 4.69) is 29.4 Å². The zero-order chi connectivity index (χ0) is 20.3. The summed E-state index contributed by atoms with van der Waals surface area (Å²) in [7, 11) is -3.90. The number of hydrogen-bond acceptors (Lipinski definition) is 6. The number of nitrogens with zero attached hydrogens (tertiary/aromatic N) is 3. The lowest BCUT2D eigenvalue weighted by atomic mass is 9.97. The summed E-state index contributed by atoms with van der Waals surface area (Å²) in [5, 5.41) is 12.2. The summed E-state index contributed by atoms with van der Waals surface area (Å²) in [6.45, 7) is 4.51. The molecule has 0 atom stereocenters. The number of benzene rings is 1.